The Morgan fingerprint density at radius 1 is 1.02 bits per heavy atom. The van der Waals surface area contributed by atoms with Crippen molar-refractivity contribution in [3.8, 4) is 11.3 Å². The lowest BCUT2D eigenvalue weighted by atomic mass is 9.90. The van der Waals surface area contributed by atoms with Gasteiger partial charge in [-0.15, -0.1) is 5.10 Å². The summed E-state index contributed by atoms with van der Waals surface area (Å²) in [6, 6.07) is 10.6. The Balaban J connectivity index is 1.60. The molecule has 0 saturated carbocycles. The van der Waals surface area contributed by atoms with Crippen LogP contribution in [0.3, 0.4) is 0 Å². The van der Waals surface area contributed by atoms with E-state index in [-0.39, 0.29) is 16.2 Å². The van der Waals surface area contributed by atoms with Crippen LogP contribution < -0.4 is 4.90 Å². The van der Waals surface area contributed by atoms with Crippen molar-refractivity contribution >= 4 is 38.2 Å². The van der Waals surface area contributed by atoms with Crippen molar-refractivity contribution in [2.24, 2.45) is 5.92 Å². The Labute approximate surface area is 262 Å². The van der Waals surface area contributed by atoms with Gasteiger partial charge in [-0.25, -0.2) is 26.3 Å². The highest BCUT2D eigenvalue weighted by Crippen LogP contribution is 2.41. The summed E-state index contributed by atoms with van der Waals surface area (Å²) in [6.07, 6.45) is -1.25. The second-order valence-corrected chi connectivity index (χ2v) is 13.2. The Morgan fingerprint density at radius 3 is 2.35 bits per heavy atom. The predicted molar refractivity (Wildman–Crippen MR) is 160 cm³/mol. The number of anilines is 1. The number of fused-ring (bicyclic) bond motifs is 1. The third-order valence-corrected chi connectivity index (χ3v) is 9.84. The molecule has 244 valence electrons. The first kappa shape index (κ1) is 32.9. The molecule has 1 fully saturated rings. The van der Waals surface area contributed by atoms with Gasteiger partial charge < -0.3 is 19.1 Å². The Hall–Kier alpha value is -4.50. The summed E-state index contributed by atoms with van der Waals surface area (Å²) in [7, 11) is -0.534. The van der Waals surface area contributed by atoms with Gasteiger partial charge in [-0.1, -0.05) is 30.3 Å². The number of hydrogen-bond acceptors (Lipinski definition) is 10. The number of hydrogen-bond donors (Lipinski definition) is 0. The molecule has 0 aliphatic carbocycles. The summed E-state index contributed by atoms with van der Waals surface area (Å²) in [5.74, 6) is -6.95. The number of carbonyl (C=O) groups is 2. The highest BCUT2D eigenvalue weighted by molar-refractivity contribution is 7.92. The molecule has 1 aliphatic rings. The fourth-order valence-electron chi connectivity index (χ4n) is 5.68. The zero-order valence-corrected chi connectivity index (χ0v) is 26.3. The standard InChI is InChI=1S/C31H31F3N4O7S/c1-16-29(38-14-25(35-36-38)20-12-23(32)28(34)24(33)13-20)30(44-18(3)40)27(15-43-17(2)39)45-31(16)46(41,42)21-9-10-22-19(11-21)7-6-8-26(22)37(4)5/h6-14,16,27,29-31H,15H2,1-5H3/t16?,27?,29-,30+,31-/m1/s1. The SMILES string of the molecule is CC(=O)OCC1O[C@H](S(=O)(=O)c2ccc3c(N(C)C)cccc3c2)C(C)[C@@H](n2cc(-c3cc(F)c(F)c(F)c3)nn2)[C@H]1OC(C)=O. The van der Waals surface area contributed by atoms with Crippen LogP contribution in [0.2, 0.25) is 0 Å². The van der Waals surface area contributed by atoms with Gasteiger partial charge in [0.1, 0.15) is 18.4 Å². The molecule has 0 bridgehead atoms. The highest BCUT2D eigenvalue weighted by Gasteiger charge is 2.52. The Bertz CT molecular complexity index is 1890. The molecular weight excluding hydrogens is 629 g/mol. The van der Waals surface area contributed by atoms with Crippen molar-refractivity contribution in [3.05, 3.63) is 72.2 Å². The minimum Gasteiger partial charge on any atom is -0.463 e. The lowest BCUT2D eigenvalue weighted by Crippen LogP contribution is -2.56. The minimum absolute atomic E-state index is 0.0415. The molecule has 15 heteroatoms. The van der Waals surface area contributed by atoms with Crippen LogP contribution in [-0.2, 0) is 33.6 Å². The van der Waals surface area contributed by atoms with Crippen molar-refractivity contribution in [3.63, 3.8) is 0 Å². The third kappa shape index (κ3) is 6.29. The van der Waals surface area contributed by atoms with E-state index in [1.807, 2.05) is 31.1 Å². The average Bonchev–Trinajstić information content (AvgIpc) is 3.48. The van der Waals surface area contributed by atoms with Crippen molar-refractivity contribution in [2.45, 2.75) is 49.4 Å². The van der Waals surface area contributed by atoms with E-state index in [0.29, 0.717) is 5.39 Å². The molecule has 3 aromatic carbocycles. The number of esters is 2. The second kappa shape index (κ2) is 12.7. The first-order chi connectivity index (χ1) is 21.7. The molecule has 0 amide bonds. The predicted octanol–water partition coefficient (Wildman–Crippen LogP) is 4.45. The summed E-state index contributed by atoms with van der Waals surface area (Å²) in [5, 5.41) is 9.52. The van der Waals surface area contributed by atoms with Gasteiger partial charge in [-0.3, -0.25) is 9.59 Å². The molecule has 5 rings (SSSR count). The molecule has 1 saturated heterocycles. The van der Waals surface area contributed by atoms with Gasteiger partial charge in [0.25, 0.3) is 0 Å². The molecule has 1 aliphatic heterocycles. The number of ether oxygens (including phenoxy) is 3. The first-order valence-corrected chi connectivity index (χ1v) is 15.7. The van der Waals surface area contributed by atoms with Crippen molar-refractivity contribution < 1.29 is 45.4 Å². The lowest BCUT2D eigenvalue weighted by molar-refractivity contribution is -0.192. The van der Waals surface area contributed by atoms with Crippen molar-refractivity contribution in [1.82, 2.24) is 15.0 Å². The quantitative estimate of drug-likeness (QED) is 0.197. The van der Waals surface area contributed by atoms with Crippen LogP contribution in [0.1, 0.15) is 26.8 Å². The highest BCUT2D eigenvalue weighted by atomic mass is 32.2. The molecule has 46 heavy (non-hydrogen) atoms. The van der Waals surface area contributed by atoms with Gasteiger partial charge >= 0.3 is 11.9 Å². The number of nitrogens with zero attached hydrogens (tertiary/aromatic N) is 4. The van der Waals surface area contributed by atoms with E-state index in [2.05, 4.69) is 10.3 Å². The largest absolute Gasteiger partial charge is 0.463 e. The van der Waals surface area contributed by atoms with Gasteiger partial charge in [0, 0.05) is 50.5 Å². The zero-order valence-electron chi connectivity index (χ0n) is 25.5. The summed E-state index contributed by atoms with van der Waals surface area (Å²) >= 11 is 0. The molecule has 0 spiro atoms. The maximum Gasteiger partial charge on any atom is 0.303 e. The maximum atomic E-state index is 14.3. The van der Waals surface area contributed by atoms with Crippen molar-refractivity contribution in [2.75, 3.05) is 25.6 Å². The molecule has 0 N–H and O–H groups in total. The monoisotopic (exact) mass is 660 g/mol. The van der Waals surface area contributed by atoms with E-state index < -0.39 is 75.4 Å². The molecule has 1 aromatic heterocycles. The van der Waals surface area contributed by atoms with Gasteiger partial charge in [0.05, 0.1) is 17.1 Å². The average molecular weight is 661 g/mol. The topological polar surface area (TPSA) is 130 Å². The van der Waals surface area contributed by atoms with E-state index >= 15 is 0 Å². The van der Waals surface area contributed by atoms with Crippen LogP contribution in [0.15, 0.2) is 59.6 Å². The number of carbonyl (C=O) groups excluding carboxylic acids is 2. The van der Waals surface area contributed by atoms with E-state index in [1.54, 1.807) is 19.1 Å². The number of rotatable bonds is 8. The number of benzene rings is 3. The normalized spacial score (nSPS) is 21.6. The maximum absolute atomic E-state index is 14.3. The van der Waals surface area contributed by atoms with E-state index in [0.717, 1.165) is 37.1 Å². The van der Waals surface area contributed by atoms with Crippen LogP contribution in [0.25, 0.3) is 22.0 Å². The molecule has 2 unspecified atom stereocenters. The number of halogens is 3. The van der Waals surface area contributed by atoms with Gasteiger partial charge in [-0.05, 0) is 35.7 Å². The van der Waals surface area contributed by atoms with E-state index in [4.69, 9.17) is 14.2 Å². The fraction of sp³-hybridized carbons (Fsp3) is 0.355. The summed E-state index contributed by atoms with van der Waals surface area (Å²) in [4.78, 5) is 25.9. The van der Waals surface area contributed by atoms with Crippen LogP contribution in [0, 0.1) is 23.4 Å². The van der Waals surface area contributed by atoms with Crippen LogP contribution in [0.5, 0.6) is 0 Å². The zero-order chi connectivity index (χ0) is 33.5. The van der Waals surface area contributed by atoms with Crippen LogP contribution in [0.4, 0.5) is 18.9 Å². The molecule has 5 atom stereocenters. The smallest absolute Gasteiger partial charge is 0.303 e. The van der Waals surface area contributed by atoms with Gasteiger partial charge in [-0.2, -0.15) is 0 Å². The van der Waals surface area contributed by atoms with Gasteiger partial charge in [0.15, 0.2) is 29.0 Å². The summed E-state index contributed by atoms with van der Waals surface area (Å²) in [5.41, 5.74) is -0.884. The van der Waals surface area contributed by atoms with Gasteiger partial charge in [0.2, 0.25) is 9.84 Å². The Morgan fingerprint density at radius 2 is 1.72 bits per heavy atom. The number of aromatic nitrogens is 3. The van der Waals surface area contributed by atoms with Crippen LogP contribution in [-0.4, -0.2) is 73.7 Å². The molecular formula is C31H31F3N4O7S. The fourth-order valence-corrected chi connectivity index (χ4v) is 7.51. The first-order valence-electron chi connectivity index (χ1n) is 14.2. The van der Waals surface area contributed by atoms with E-state index in [1.165, 1.54) is 23.0 Å². The molecule has 11 nitrogen and oxygen atoms in total. The second-order valence-electron chi connectivity index (χ2n) is 11.2. The Kier molecular flexibility index (Phi) is 9.09. The molecule has 4 aromatic rings. The summed E-state index contributed by atoms with van der Waals surface area (Å²) < 4.78 is 88.2. The lowest BCUT2D eigenvalue weighted by Gasteiger charge is -2.44. The molecule has 2 heterocycles. The number of sulfone groups is 1. The molecule has 0 radical (unpaired) electrons. The van der Waals surface area contributed by atoms with E-state index in [9.17, 15) is 31.2 Å². The van der Waals surface area contributed by atoms with Crippen LogP contribution >= 0.6 is 0 Å². The minimum atomic E-state index is -4.28. The summed E-state index contributed by atoms with van der Waals surface area (Å²) in [6.45, 7) is 3.37. The third-order valence-electron chi connectivity index (χ3n) is 7.77. The van der Waals surface area contributed by atoms with Crippen molar-refractivity contribution in [1.29, 1.82) is 0 Å².